The lowest BCUT2D eigenvalue weighted by atomic mass is 9.83. The molecule has 0 bridgehead atoms. The average molecular weight is 331 g/mol. The van der Waals surface area contributed by atoms with Gasteiger partial charge in [-0.1, -0.05) is 43.6 Å². The molecule has 1 rings (SSSR count). The molecule has 0 saturated carbocycles. The first kappa shape index (κ1) is 16.6. The molecule has 0 fully saturated rings. The Balaban J connectivity index is 2.53. The second-order valence-corrected chi connectivity index (χ2v) is 7.66. The van der Waals surface area contributed by atoms with Crippen molar-refractivity contribution in [3.63, 3.8) is 0 Å². The minimum atomic E-state index is -0.411. The molecule has 0 spiro atoms. The zero-order chi connectivity index (χ0) is 14.6. The molecule has 0 aliphatic heterocycles. The van der Waals surface area contributed by atoms with E-state index < -0.39 is 6.10 Å². The number of halogens is 2. The lowest BCUT2D eigenvalue weighted by Crippen LogP contribution is -2.18. The molecule has 0 saturated heterocycles. The van der Waals surface area contributed by atoms with E-state index in [0.717, 1.165) is 22.9 Å². The predicted octanol–water partition coefficient (Wildman–Crippen LogP) is 4.95. The number of aliphatic hydroxyl groups excluding tert-OH is 1. The van der Waals surface area contributed by atoms with Crippen molar-refractivity contribution in [2.24, 2.45) is 11.3 Å². The molecule has 3 heteroatoms. The van der Waals surface area contributed by atoms with Crippen molar-refractivity contribution in [2.45, 2.75) is 53.1 Å². The smallest absolute Gasteiger partial charge is 0.124 e. The molecular weight excluding hydrogens is 307 g/mol. The van der Waals surface area contributed by atoms with Gasteiger partial charge in [-0.05, 0) is 54.4 Å². The number of rotatable bonds is 5. The number of hydrogen-bond acceptors (Lipinski definition) is 1. The van der Waals surface area contributed by atoms with Crippen molar-refractivity contribution in [2.75, 3.05) is 0 Å². The predicted molar refractivity (Wildman–Crippen MR) is 81.7 cm³/mol. The summed E-state index contributed by atoms with van der Waals surface area (Å²) in [6.07, 6.45) is 1.93. The van der Waals surface area contributed by atoms with Crippen LogP contribution in [0.2, 0.25) is 0 Å². The van der Waals surface area contributed by atoms with Gasteiger partial charge in [0.15, 0.2) is 0 Å². The summed E-state index contributed by atoms with van der Waals surface area (Å²) in [6, 6.07) is 4.78. The fourth-order valence-electron chi connectivity index (χ4n) is 2.68. The standard InChI is InChI=1S/C16H24BrFO/c1-11(10-16(2,3)4)5-15(19)8-12-6-13(17)9-14(18)7-12/h6-7,9,11,15,19H,5,8,10H2,1-4H3. The maximum atomic E-state index is 13.3. The Morgan fingerprint density at radius 3 is 2.42 bits per heavy atom. The Morgan fingerprint density at radius 1 is 1.26 bits per heavy atom. The van der Waals surface area contributed by atoms with E-state index in [1.54, 1.807) is 0 Å². The molecule has 108 valence electrons. The van der Waals surface area contributed by atoms with Crippen molar-refractivity contribution < 1.29 is 9.50 Å². The maximum absolute atomic E-state index is 13.3. The second kappa shape index (κ2) is 6.85. The normalized spacial score (nSPS) is 15.3. The van der Waals surface area contributed by atoms with Crippen molar-refractivity contribution in [1.82, 2.24) is 0 Å². The molecule has 2 unspecified atom stereocenters. The van der Waals surface area contributed by atoms with Crippen LogP contribution in [0.25, 0.3) is 0 Å². The zero-order valence-corrected chi connectivity index (χ0v) is 13.8. The van der Waals surface area contributed by atoms with Gasteiger partial charge in [0.2, 0.25) is 0 Å². The number of benzene rings is 1. The van der Waals surface area contributed by atoms with Crippen LogP contribution in [0.15, 0.2) is 22.7 Å². The van der Waals surface area contributed by atoms with Gasteiger partial charge in [-0.25, -0.2) is 4.39 Å². The summed E-state index contributed by atoms with van der Waals surface area (Å²) < 4.78 is 14.0. The van der Waals surface area contributed by atoms with E-state index >= 15 is 0 Å². The van der Waals surface area contributed by atoms with Crippen LogP contribution >= 0.6 is 15.9 Å². The third-order valence-electron chi connectivity index (χ3n) is 3.03. The van der Waals surface area contributed by atoms with Gasteiger partial charge in [0, 0.05) is 4.47 Å². The first-order chi connectivity index (χ1) is 8.65. The van der Waals surface area contributed by atoms with Gasteiger partial charge in [-0.15, -0.1) is 0 Å². The van der Waals surface area contributed by atoms with Crippen LogP contribution in [0.4, 0.5) is 4.39 Å². The summed E-state index contributed by atoms with van der Waals surface area (Å²) in [5.41, 5.74) is 1.11. The molecule has 0 aromatic heterocycles. The summed E-state index contributed by atoms with van der Waals surface area (Å²) in [7, 11) is 0. The van der Waals surface area contributed by atoms with Crippen LogP contribution < -0.4 is 0 Å². The largest absolute Gasteiger partial charge is 0.393 e. The van der Waals surface area contributed by atoms with E-state index in [0.29, 0.717) is 12.3 Å². The Morgan fingerprint density at radius 2 is 1.89 bits per heavy atom. The maximum Gasteiger partial charge on any atom is 0.124 e. The van der Waals surface area contributed by atoms with Gasteiger partial charge >= 0.3 is 0 Å². The monoisotopic (exact) mass is 330 g/mol. The Labute approximate surface area is 124 Å². The van der Waals surface area contributed by atoms with E-state index in [2.05, 4.69) is 43.6 Å². The minimum absolute atomic E-state index is 0.265. The van der Waals surface area contributed by atoms with Crippen LogP contribution in [0.3, 0.4) is 0 Å². The van der Waals surface area contributed by atoms with Crippen molar-refractivity contribution in [3.8, 4) is 0 Å². The highest BCUT2D eigenvalue weighted by atomic mass is 79.9. The highest BCUT2D eigenvalue weighted by Crippen LogP contribution is 2.27. The molecule has 0 aliphatic rings. The van der Waals surface area contributed by atoms with Gasteiger partial charge in [0.1, 0.15) is 5.82 Å². The third kappa shape index (κ3) is 7.07. The summed E-state index contributed by atoms with van der Waals surface area (Å²) >= 11 is 3.27. The topological polar surface area (TPSA) is 20.2 Å². The summed E-state index contributed by atoms with van der Waals surface area (Å²) in [4.78, 5) is 0. The van der Waals surface area contributed by atoms with Gasteiger partial charge in [-0.3, -0.25) is 0 Å². The molecule has 0 amide bonds. The Bertz CT molecular complexity index is 391. The first-order valence-corrected chi connectivity index (χ1v) is 7.58. The SMILES string of the molecule is CC(CC(O)Cc1cc(F)cc(Br)c1)CC(C)(C)C. The molecule has 1 nitrogen and oxygen atoms in total. The second-order valence-electron chi connectivity index (χ2n) is 6.74. The highest BCUT2D eigenvalue weighted by molar-refractivity contribution is 9.10. The van der Waals surface area contributed by atoms with E-state index in [-0.39, 0.29) is 11.2 Å². The van der Waals surface area contributed by atoms with Crippen LogP contribution in [0.1, 0.15) is 46.1 Å². The van der Waals surface area contributed by atoms with Gasteiger partial charge in [0.05, 0.1) is 6.10 Å². The van der Waals surface area contributed by atoms with Crippen molar-refractivity contribution in [1.29, 1.82) is 0 Å². The molecule has 2 atom stereocenters. The first-order valence-electron chi connectivity index (χ1n) is 6.79. The van der Waals surface area contributed by atoms with Crippen LogP contribution in [-0.4, -0.2) is 11.2 Å². The molecule has 0 aliphatic carbocycles. The van der Waals surface area contributed by atoms with Crippen LogP contribution in [0.5, 0.6) is 0 Å². The molecule has 19 heavy (non-hydrogen) atoms. The van der Waals surface area contributed by atoms with Crippen molar-refractivity contribution >= 4 is 15.9 Å². The molecular formula is C16H24BrFO. The summed E-state index contributed by atoms with van der Waals surface area (Å²) in [5.74, 6) is 0.200. The molecule has 0 heterocycles. The molecule has 1 aromatic carbocycles. The van der Waals surface area contributed by atoms with E-state index in [1.165, 1.54) is 12.1 Å². The highest BCUT2D eigenvalue weighted by Gasteiger charge is 2.18. The van der Waals surface area contributed by atoms with Crippen molar-refractivity contribution in [3.05, 3.63) is 34.1 Å². The molecule has 1 N–H and O–H groups in total. The summed E-state index contributed by atoms with van der Waals surface area (Å²) in [6.45, 7) is 8.79. The van der Waals surface area contributed by atoms with Gasteiger partial charge < -0.3 is 5.11 Å². The Hall–Kier alpha value is -0.410. The molecule has 0 radical (unpaired) electrons. The van der Waals surface area contributed by atoms with Crippen LogP contribution in [-0.2, 0) is 6.42 Å². The average Bonchev–Trinajstić information content (AvgIpc) is 2.10. The fraction of sp³-hybridized carbons (Fsp3) is 0.625. The fourth-order valence-corrected chi connectivity index (χ4v) is 3.19. The van der Waals surface area contributed by atoms with E-state index in [1.807, 2.05) is 6.07 Å². The lowest BCUT2D eigenvalue weighted by molar-refractivity contribution is 0.133. The summed E-state index contributed by atoms with van der Waals surface area (Å²) in [5, 5.41) is 10.1. The lowest BCUT2D eigenvalue weighted by Gasteiger charge is -2.25. The van der Waals surface area contributed by atoms with E-state index in [9.17, 15) is 9.50 Å². The van der Waals surface area contributed by atoms with E-state index in [4.69, 9.17) is 0 Å². The third-order valence-corrected chi connectivity index (χ3v) is 3.49. The van der Waals surface area contributed by atoms with Gasteiger partial charge in [0.25, 0.3) is 0 Å². The number of aliphatic hydroxyl groups is 1. The van der Waals surface area contributed by atoms with Gasteiger partial charge in [-0.2, -0.15) is 0 Å². The minimum Gasteiger partial charge on any atom is -0.393 e. The quantitative estimate of drug-likeness (QED) is 0.809. The molecule has 1 aromatic rings. The zero-order valence-electron chi connectivity index (χ0n) is 12.2. The Kier molecular flexibility index (Phi) is 6.00. The number of hydrogen-bond donors (Lipinski definition) is 1. The van der Waals surface area contributed by atoms with Crippen LogP contribution in [0, 0.1) is 17.2 Å².